The first-order valence-electron chi connectivity index (χ1n) is 8.77. The third-order valence-electron chi connectivity index (χ3n) is 4.88. The Hall–Kier alpha value is -1.89. The minimum atomic E-state index is -0.833. The number of carboxylic acids is 1. The maximum absolute atomic E-state index is 11.3. The van der Waals surface area contributed by atoms with Crippen LogP contribution in [0.3, 0.4) is 0 Å². The Morgan fingerprint density at radius 1 is 1.33 bits per heavy atom. The maximum atomic E-state index is 11.3. The summed E-state index contributed by atoms with van der Waals surface area (Å²) < 4.78 is 0. The Labute approximate surface area is 141 Å². The monoisotopic (exact) mass is 334 g/mol. The minimum absolute atomic E-state index is 0.218. The van der Waals surface area contributed by atoms with E-state index in [-0.39, 0.29) is 5.91 Å². The molecule has 0 aromatic carbocycles. The van der Waals surface area contributed by atoms with Gasteiger partial charge in [0.05, 0.1) is 5.69 Å². The summed E-state index contributed by atoms with van der Waals surface area (Å²) in [6.45, 7) is 5.19. The Bertz CT molecular complexity index is 605. The van der Waals surface area contributed by atoms with Crippen molar-refractivity contribution in [3.63, 3.8) is 0 Å². The number of aromatic nitrogens is 2. The van der Waals surface area contributed by atoms with Crippen molar-refractivity contribution in [3.05, 3.63) is 17.0 Å². The van der Waals surface area contributed by atoms with Crippen molar-refractivity contribution < 1.29 is 14.7 Å². The van der Waals surface area contributed by atoms with Crippen LogP contribution < -0.4 is 5.32 Å². The first-order valence-corrected chi connectivity index (χ1v) is 8.77. The number of carbonyl (C=O) groups is 2. The predicted molar refractivity (Wildman–Crippen MR) is 88.8 cm³/mol. The summed E-state index contributed by atoms with van der Waals surface area (Å²) in [7, 11) is 0. The molecule has 0 bridgehead atoms. The van der Waals surface area contributed by atoms with Gasteiger partial charge in [-0.25, -0.2) is 0 Å². The summed E-state index contributed by atoms with van der Waals surface area (Å²) in [6.07, 6.45) is 5.53. The van der Waals surface area contributed by atoms with Crippen LogP contribution in [-0.4, -0.2) is 58.3 Å². The van der Waals surface area contributed by atoms with Gasteiger partial charge in [-0.2, -0.15) is 5.10 Å². The highest BCUT2D eigenvalue weighted by Crippen LogP contribution is 2.41. The summed E-state index contributed by atoms with van der Waals surface area (Å²) >= 11 is 0. The van der Waals surface area contributed by atoms with Crippen molar-refractivity contribution in [2.45, 2.75) is 44.9 Å². The number of carboxylic acid groups (broad SMARTS) is 1. The number of aliphatic carboxylic acids is 1. The number of hydrogen-bond acceptors (Lipinski definition) is 4. The quantitative estimate of drug-likeness (QED) is 0.763. The number of rotatable bonds is 3. The van der Waals surface area contributed by atoms with Crippen LogP contribution in [0.15, 0.2) is 0 Å². The Kier molecular flexibility index (Phi) is 5.18. The molecule has 0 spiro atoms. The molecule has 24 heavy (non-hydrogen) atoms. The lowest BCUT2D eigenvalue weighted by Crippen LogP contribution is -2.32. The molecule has 7 heteroatoms. The van der Waals surface area contributed by atoms with Gasteiger partial charge in [-0.15, -0.1) is 0 Å². The summed E-state index contributed by atoms with van der Waals surface area (Å²) in [4.78, 5) is 22.8. The molecule has 1 atom stereocenters. The van der Waals surface area contributed by atoms with Crippen molar-refractivity contribution in [2.24, 2.45) is 5.92 Å². The molecule has 2 aliphatic heterocycles. The molecular formula is C17H26N4O3. The Balaban J connectivity index is 0.000000383. The van der Waals surface area contributed by atoms with Crippen LogP contribution >= 0.6 is 0 Å². The maximum Gasteiger partial charge on any atom is 0.300 e. The average Bonchev–Trinajstić information content (AvgIpc) is 3.21. The van der Waals surface area contributed by atoms with Gasteiger partial charge in [0.1, 0.15) is 0 Å². The second-order valence-corrected chi connectivity index (χ2v) is 7.03. The molecule has 4 rings (SSSR count). The van der Waals surface area contributed by atoms with Crippen LogP contribution in [0.1, 0.15) is 49.1 Å². The van der Waals surface area contributed by atoms with Crippen LogP contribution in [0.5, 0.6) is 0 Å². The fourth-order valence-corrected chi connectivity index (χ4v) is 3.59. The number of nitrogens with zero attached hydrogens (tertiary/aromatic N) is 2. The van der Waals surface area contributed by atoms with E-state index in [1.807, 2.05) is 0 Å². The topological polar surface area (TPSA) is 98.3 Å². The van der Waals surface area contributed by atoms with Gasteiger partial charge < -0.3 is 15.3 Å². The van der Waals surface area contributed by atoms with Gasteiger partial charge in [0, 0.05) is 57.6 Å². The lowest BCUT2D eigenvalue weighted by atomic mass is 10.1. The van der Waals surface area contributed by atoms with Crippen molar-refractivity contribution in [3.8, 4) is 0 Å². The number of nitrogens with one attached hydrogen (secondary N) is 2. The van der Waals surface area contributed by atoms with Gasteiger partial charge in [0.2, 0.25) is 5.91 Å². The smallest absolute Gasteiger partial charge is 0.300 e. The largest absolute Gasteiger partial charge is 0.481 e. The molecule has 1 aliphatic carbocycles. The lowest BCUT2D eigenvalue weighted by molar-refractivity contribution is -0.134. The van der Waals surface area contributed by atoms with E-state index in [1.165, 1.54) is 29.8 Å². The molecule has 3 aliphatic rings. The van der Waals surface area contributed by atoms with Crippen molar-refractivity contribution in [1.29, 1.82) is 0 Å². The SMILES string of the molecule is CC(=O)O.O=C1CC(CN2CCc3[nH]nc(C4CC4)c3CC2)CN1. The van der Waals surface area contributed by atoms with E-state index < -0.39 is 5.97 Å². The van der Waals surface area contributed by atoms with Gasteiger partial charge in [0.15, 0.2) is 0 Å². The molecule has 1 saturated heterocycles. The zero-order valence-electron chi connectivity index (χ0n) is 14.2. The standard InChI is InChI=1S/C15H22N4O.C2H4O2/c20-14-7-10(8-16-14)9-19-5-3-12-13(4-6-19)17-18-15(12)11-1-2-11;1-2(3)4/h10-11H,1-9H2,(H,16,20)(H,17,18);1H3,(H,3,4). The molecule has 0 radical (unpaired) electrons. The summed E-state index contributed by atoms with van der Waals surface area (Å²) in [5, 5.41) is 18.2. The summed E-state index contributed by atoms with van der Waals surface area (Å²) in [5.74, 6) is 0.619. The number of amides is 1. The average molecular weight is 334 g/mol. The first-order chi connectivity index (χ1) is 11.5. The van der Waals surface area contributed by atoms with E-state index in [9.17, 15) is 4.79 Å². The van der Waals surface area contributed by atoms with E-state index >= 15 is 0 Å². The second kappa shape index (κ2) is 7.34. The highest BCUT2D eigenvalue weighted by molar-refractivity contribution is 5.78. The zero-order valence-corrected chi connectivity index (χ0v) is 14.2. The van der Waals surface area contributed by atoms with Gasteiger partial charge in [-0.1, -0.05) is 0 Å². The number of aromatic amines is 1. The van der Waals surface area contributed by atoms with Crippen molar-refractivity contribution in [1.82, 2.24) is 20.4 Å². The molecule has 1 amide bonds. The van der Waals surface area contributed by atoms with Crippen LogP contribution in [0, 0.1) is 5.92 Å². The number of fused-ring (bicyclic) bond motifs is 1. The first kappa shape index (κ1) is 17.0. The van der Waals surface area contributed by atoms with Gasteiger partial charge in [-0.3, -0.25) is 14.7 Å². The molecule has 132 valence electrons. The third kappa shape index (κ3) is 4.35. The van der Waals surface area contributed by atoms with E-state index in [0.717, 1.165) is 51.9 Å². The second-order valence-electron chi connectivity index (χ2n) is 7.03. The fourth-order valence-electron chi connectivity index (χ4n) is 3.59. The molecular weight excluding hydrogens is 308 g/mol. The van der Waals surface area contributed by atoms with Gasteiger partial charge in [0.25, 0.3) is 5.97 Å². The van der Waals surface area contributed by atoms with Crippen LogP contribution in [0.2, 0.25) is 0 Å². The number of H-pyrrole nitrogens is 1. The van der Waals surface area contributed by atoms with Crippen molar-refractivity contribution >= 4 is 11.9 Å². The van der Waals surface area contributed by atoms with Crippen LogP contribution in [0.4, 0.5) is 0 Å². The van der Waals surface area contributed by atoms with E-state index in [0.29, 0.717) is 12.3 Å². The minimum Gasteiger partial charge on any atom is -0.481 e. The molecule has 1 unspecified atom stereocenters. The molecule has 3 N–H and O–H groups in total. The predicted octanol–water partition coefficient (Wildman–Crippen LogP) is 0.915. The summed E-state index contributed by atoms with van der Waals surface area (Å²) in [6, 6.07) is 0. The number of carbonyl (C=O) groups excluding carboxylic acids is 1. The van der Waals surface area contributed by atoms with Crippen LogP contribution in [0.25, 0.3) is 0 Å². The van der Waals surface area contributed by atoms with E-state index in [1.54, 1.807) is 0 Å². The molecule has 1 saturated carbocycles. The van der Waals surface area contributed by atoms with Gasteiger partial charge in [-0.05, 0) is 30.7 Å². The molecule has 1 aromatic rings. The lowest BCUT2D eigenvalue weighted by Gasteiger charge is -2.22. The number of hydrogen-bond donors (Lipinski definition) is 3. The molecule has 2 fully saturated rings. The van der Waals surface area contributed by atoms with Crippen LogP contribution in [-0.2, 0) is 22.4 Å². The third-order valence-corrected chi connectivity index (χ3v) is 4.88. The molecule has 3 heterocycles. The van der Waals surface area contributed by atoms with Gasteiger partial charge >= 0.3 is 0 Å². The Morgan fingerprint density at radius 2 is 2.04 bits per heavy atom. The highest BCUT2D eigenvalue weighted by atomic mass is 16.4. The van der Waals surface area contributed by atoms with E-state index in [4.69, 9.17) is 9.90 Å². The zero-order chi connectivity index (χ0) is 17.1. The summed E-state index contributed by atoms with van der Waals surface area (Å²) in [5.41, 5.74) is 4.20. The Morgan fingerprint density at radius 3 is 2.67 bits per heavy atom. The van der Waals surface area contributed by atoms with Crippen molar-refractivity contribution in [2.75, 3.05) is 26.2 Å². The fraction of sp³-hybridized carbons (Fsp3) is 0.706. The molecule has 7 nitrogen and oxygen atoms in total. The van der Waals surface area contributed by atoms with E-state index in [2.05, 4.69) is 20.4 Å². The highest BCUT2D eigenvalue weighted by Gasteiger charge is 2.31. The normalized spacial score (nSPS) is 23.7. The molecule has 1 aromatic heterocycles.